The van der Waals surface area contributed by atoms with Crippen molar-refractivity contribution in [2.75, 3.05) is 40.1 Å². The Balaban J connectivity index is 3.26. The van der Waals surface area contributed by atoms with E-state index < -0.39 is 0 Å². The third kappa shape index (κ3) is 11.2. The van der Waals surface area contributed by atoms with Gasteiger partial charge in [0.25, 0.3) is 0 Å². The van der Waals surface area contributed by atoms with Crippen molar-refractivity contribution in [3.63, 3.8) is 0 Å². The van der Waals surface area contributed by atoms with E-state index in [9.17, 15) is 0 Å². The van der Waals surface area contributed by atoms with E-state index in [1.807, 2.05) is 25.2 Å². The largest absolute Gasteiger partial charge is 0.382 e. The molecule has 0 aliphatic rings. The highest BCUT2D eigenvalue weighted by molar-refractivity contribution is 5.20. The second-order valence-electron chi connectivity index (χ2n) is 3.23. The molecule has 0 bridgehead atoms. The van der Waals surface area contributed by atoms with Crippen molar-refractivity contribution < 1.29 is 14.2 Å². The maximum atomic E-state index is 5.34. The van der Waals surface area contributed by atoms with Crippen molar-refractivity contribution in [1.82, 2.24) is 0 Å². The first-order chi connectivity index (χ1) is 7.81. The molecule has 0 saturated carbocycles. The van der Waals surface area contributed by atoms with E-state index in [4.69, 9.17) is 14.2 Å². The van der Waals surface area contributed by atoms with E-state index in [2.05, 4.69) is 6.58 Å². The minimum Gasteiger partial charge on any atom is -0.382 e. The van der Waals surface area contributed by atoms with Crippen LogP contribution in [0.25, 0.3) is 0 Å². The van der Waals surface area contributed by atoms with Gasteiger partial charge in [-0.3, -0.25) is 0 Å². The van der Waals surface area contributed by atoms with E-state index in [1.54, 1.807) is 13.2 Å². The average Bonchev–Trinajstić information content (AvgIpc) is 2.27. The van der Waals surface area contributed by atoms with Crippen LogP contribution < -0.4 is 0 Å². The highest BCUT2D eigenvalue weighted by atomic mass is 16.5. The van der Waals surface area contributed by atoms with Crippen molar-refractivity contribution in [2.45, 2.75) is 6.92 Å². The minimum absolute atomic E-state index is 0.607. The zero-order valence-electron chi connectivity index (χ0n) is 10.3. The molecule has 0 spiro atoms. The Labute approximate surface area is 98.4 Å². The van der Waals surface area contributed by atoms with Gasteiger partial charge in [-0.15, -0.1) is 0 Å². The van der Waals surface area contributed by atoms with Crippen molar-refractivity contribution in [2.24, 2.45) is 0 Å². The van der Waals surface area contributed by atoms with Gasteiger partial charge in [-0.05, 0) is 6.92 Å². The molecule has 0 radical (unpaired) electrons. The summed E-state index contributed by atoms with van der Waals surface area (Å²) in [6.07, 6.45) is 7.70. The van der Waals surface area contributed by atoms with Crippen LogP contribution in [0, 0.1) is 0 Å². The lowest BCUT2D eigenvalue weighted by Gasteiger charge is -2.03. The molecule has 0 aliphatic heterocycles. The van der Waals surface area contributed by atoms with Crippen LogP contribution in [0.5, 0.6) is 0 Å². The fourth-order valence-corrected chi connectivity index (χ4v) is 0.989. The molecule has 16 heavy (non-hydrogen) atoms. The molecule has 0 amide bonds. The summed E-state index contributed by atoms with van der Waals surface area (Å²) in [7, 11) is 1.66. The van der Waals surface area contributed by atoms with Crippen LogP contribution in [0.4, 0.5) is 0 Å². The predicted octanol–water partition coefficient (Wildman–Crippen LogP) is 2.35. The highest BCUT2D eigenvalue weighted by Crippen LogP contribution is 1.94. The number of methoxy groups -OCH3 is 1. The topological polar surface area (TPSA) is 27.7 Å². The summed E-state index contributed by atoms with van der Waals surface area (Å²) < 4.78 is 15.4. The molecule has 0 atom stereocenters. The molecular weight excluding hydrogens is 204 g/mol. The molecule has 0 fully saturated rings. The fourth-order valence-electron chi connectivity index (χ4n) is 0.989. The molecule has 0 saturated heterocycles. The van der Waals surface area contributed by atoms with Gasteiger partial charge in [-0.1, -0.05) is 36.5 Å². The second-order valence-corrected chi connectivity index (χ2v) is 3.23. The molecule has 0 unspecified atom stereocenters. The lowest BCUT2D eigenvalue weighted by Crippen LogP contribution is -2.08. The first-order valence-electron chi connectivity index (χ1n) is 5.41. The van der Waals surface area contributed by atoms with Crippen LogP contribution in [0.15, 0.2) is 36.5 Å². The van der Waals surface area contributed by atoms with Gasteiger partial charge >= 0.3 is 0 Å². The Morgan fingerprint density at radius 1 is 1.12 bits per heavy atom. The molecule has 0 rings (SSSR count). The van der Waals surface area contributed by atoms with Crippen LogP contribution >= 0.6 is 0 Å². The van der Waals surface area contributed by atoms with E-state index in [1.165, 1.54) is 0 Å². The zero-order valence-corrected chi connectivity index (χ0v) is 10.3. The van der Waals surface area contributed by atoms with E-state index in [-0.39, 0.29) is 0 Å². The van der Waals surface area contributed by atoms with Crippen LogP contribution in [-0.4, -0.2) is 40.1 Å². The molecular formula is C13H22O3. The SMILES string of the molecule is C=C/C=C(C)\C=C/COCCOCCOC. The fraction of sp³-hybridized carbons (Fsp3) is 0.538. The summed E-state index contributed by atoms with van der Waals surface area (Å²) in [5.74, 6) is 0. The summed E-state index contributed by atoms with van der Waals surface area (Å²) in [5.41, 5.74) is 1.16. The maximum Gasteiger partial charge on any atom is 0.0704 e. The smallest absolute Gasteiger partial charge is 0.0704 e. The summed E-state index contributed by atoms with van der Waals surface area (Å²) in [5, 5.41) is 0. The molecule has 0 heterocycles. The Hall–Kier alpha value is -0.900. The predicted molar refractivity (Wildman–Crippen MR) is 66.6 cm³/mol. The second kappa shape index (κ2) is 12.2. The quantitative estimate of drug-likeness (QED) is 0.423. The van der Waals surface area contributed by atoms with Gasteiger partial charge in [-0.25, -0.2) is 0 Å². The van der Waals surface area contributed by atoms with Crippen LogP contribution in [0.3, 0.4) is 0 Å². The van der Waals surface area contributed by atoms with Gasteiger partial charge in [0.15, 0.2) is 0 Å². The number of hydrogen-bond donors (Lipinski definition) is 0. The molecule has 3 nitrogen and oxygen atoms in total. The van der Waals surface area contributed by atoms with Crippen LogP contribution in [0.1, 0.15) is 6.92 Å². The minimum atomic E-state index is 0.607. The monoisotopic (exact) mass is 226 g/mol. The third-order valence-electron chi connectivity index (χ3n) is 1.78. The van der Waals surface area contributed by atoms with Crippen molar-refractivity contribution in [3.8, 4) is 0 Å². The van der Waals surface area contributed by atoms with Gasteiger partial charge in [0.05, 0.1) is 33.0 Å². The van der Waals surface area contributed by atoms with Crippen LogP contribution in [-0.2, 0) is 14.2 Å². The van der Waals surface area contributed by atoms with Gasteiger partial charge in [0, 0.05) is 7.11 Å². The maximum absolute atomic E-state index is 5.34. The van der Waals surface area contributed by atoms with E-state index >= 15 is 0 Å². The number of ether oxygens (including phenoxy) is 3. The lowest BCUT2D eigenvalue weighted by atomic mass is 10.2. The van der Waals surface area contributed by atoms with Crippen molar-refractivity contribution in [3.05, 3.63) is 36.5 Å². The van der Waals surface area contributed by atoms with Gasteiger partial charge in [0.2, 0.25) is 0 Å². The van der Waals surface area contributed by atoms with Crippen LogP contribution in [0.2, 0.25) is 0 Å². The zero-order chi connectivity index (χ0) is 12.1. The Morgan fingerprint density at radius 3 is 2.50 bits per heavy atom. The Bertz CT molecular complexity index is 219. The highest BCUT2D eigenvalue weighted by Gasteiger charge is 1.87. The van der Waals surface area contributed by atoms with Gasteiger partial charge in [-0.2, -0.15) is 0 Å². The first kappa shape index (κ1) is 15.1. The molecule has 0 N–H and O–H groups in total. The Morgan fingerprint density at radius 2 is 1.81 bits per heavy atom. The Kier molecular flexibility index (Phi) is 11.5. The number of hydrogen-bond acceptors (Lipinski definition) is 3. The van der Waals surface area contributed by atoms with Crippen molar-refractivity contribution in [1.29, 1.82) is 0 Å². The molecule has 0 aliphatic carbocycles. The third-order valence-corrected chi connectivity index (χ3v) is 1.78. The summed E-state index contributed by atoms with van der Waals surface area (Å²) in [4.78, 5) is 0. The first-order valence-corrected chi connectivity index (χ1v) is 5.41. The standard InChI is InChI=1S/C13H22O3/c1-4-6-13(2)7-5-8-15-11-12-16-10-9-14-3/h4-7H,1,8-12H2,2-3H3/b7-5-,13-6-. The number of allylic oxidation sites excluding steroid dienone is 4. The lowest BCUT2D eigenvalue weighted by molar-refractivity contribution is 0.0314. The molecule has 0 aromatic heterocycles. The van der Waals surface area contributed by atoms with Crippen molar-refractivity contribution >= 4 is 0 Å². The molecule has 3 heteroatoms. The number of rotatable bonds is 10. The summed E-state index contributed by atoms with van der Waals surface area (Å²) in [6.45, 7) is 8.72. The summed E-state index contributed by atoms with van der Waals surface area (Å²) in [6, 6.07) is 0. The molecule has 0 aromatic rings. The average molecular weight is 226 g/mol. The molecule has 0 aromatic carbocycles. The normalized spacial score (nSPS) is 12.2. The summed E-state index contributed by atoms with van der Waals surface area (Å²) >= 11 is 0. The van der Waals surface area contributed by atoms with E-state index in [0.717, 1.165) is 5.57 Å². The molecule has 92 valence electrons. The van der Waals surface area contributed by atoms with Gasteiger partial charge < -0.3 is 14.2 Å². The van der Waals surface area contributed by atoms with Gasteiger partial charge in [0.1, 0.15) is 0 Å². The van der Waals surface area contributed by atoms with E-state index in [0.29, 0.717) is 33.0 Å².